The highest BCUT2D eigenvalue weighted by atomic mass is 32.2. The highest BCUT2D eigenvalue weighted by molar-refractivity contribution is 7.99. The van der Waals surface area contributed by atoms with Crippen LogP contribution in [0.25, 0.3) is 16.9 Å². The third kappa shape index (κ3) is 4.41. The van der Waals surface area contributed by atoms with Crippen LogP contribution in [0, 0.1) is 12.8 Å². The molecule has 7 nitrogen and oxygen atoms in total. The molecule has 32 heavy (non-hydrogen) atoms. The Morgan fingerprint density at radius 2 is 2.09 bits per heavy atom. The molecule has 9 heteroatoms. The van der Waals surface area contributed by atoms with E-state index >= 15 is 0 Å². The summed E-state index contributed by atoms with van der Waals surface area (Å²) in [5, 5.41) is 28.4. The van der Waals surface area contributed by atoms with Gasteiger partial charge in [-0.15, -0.1) is 0 Å². The van der Waals surface area contributed by atoms with Gasteiger partial charge in [0.1, 0.15) is 11.6 Å². The smallest absolute Gasteiger partial charge is 0.172 e. The molecule has 1 atom stereocenters. The Morgan fingerprint density at radius 3 is 2.91 bits per heavy atom. The summed E-state index contributed by atoms with van der Waals surface area (Å²) in [6.07, 6.45) is 4.13. The number of aromatic hydroxyl groups is 2. The van der Waals surface area contributed by atoms with Crippen molar-refractivity contribution in [2.45, 2.75) is 24.0 Å². The van der Waals surface area contributed by atoms with Crippen molar-refractivity contribution in [3.63, 3.8) is 0 Å². The molecule has 0 aliphatic carbocycles. The molecule has 3 aromatic heterocycles. The summed E-state index contributed by atoms with van der Waals surface area (Å²) in [7, 11) is 0. The summed E-state index contributed by atoms with van der Waals surface area (Å²) in [6.45, 7) is 4.85. The Hall–Kier alpha value is -2.75. The van der Waals surface area contributed by atoms with Crippen LogP contribution in [-0.2, 0) is 0 Å². The van der Waals surface area contributed by atoms with Crippen molar-refractivity contribution in [1.29, 1.82) is 0 Å². The van der Waals surface area contributed by atoms with Gasteiger partial charge in [0.25, 0.3) is 0 Å². The summed E-state index contributed by atoms with van der Waals surface area (Å²) >= 11 is 3.15. The summed E-state index contributed by atoms with van der Waals surface area (Å²) in [5.74, 6) is 1.58. The van der Waals surface area contributed by atoms with Crippen LogP contribution in [0.5, 0.6) is 10.8 Å². The normalized spacial score (nSPS) is 17.1. The van der Waals surface area contributed by atoms with Gasteiger partial charge in [-0.1, -0.05) is 23.5 Å². The fraction of sp³-hybridized carbons (Fsp3) is 0.304. The number of piperidine rings is 1. The minimum atomic E-state index is 0.215. The van der Waals surface area contributed by atoms with Gasteiger partial charge >= 0.3 is 0 Å². The molecule has 1 unspecified atom stereocenters. The van der Waals surface area contributed by atoms with E-state index < -0.39 is 0 Å². The average molecular weight is 468 g/mol. The number of nitrogens with one attached hydrogen (secondary N) is 1. The zero-order valence-electron chi connectivity index (χ0n) is 17.7. The zero-order chi connectivity index (χ0) is 22.1. The number of anilines is 1. The SMILES string of the molecule is Cc1cnn2c(NCC3CCCN(Sc4ccc(O)s4)C3)cc(-c3ccccc3O)nc12. The number of thiophene rings is 1. The van der Waals surface area contributed by atoms with Gasteiger partial charge in [0.15, 0.2) is 10.7 Å². The predicted octanol–water partition coefficient (Wildman–Crippen LogP) is 5.01. The maximum atomic E-state index is 10.3. The number of para-hydroxylation sites is 1. The Kier molecular flexibility index (Phi) is 5.95. The average Bonchev–Trinajstić information content (AvgIpc) is 3.38. The molecule has 0 amide bonds. The molecule has 0 saturated carbocycles. The molecule has 3 N–H and O–H groups in total. The highest BCUT2D eigenvalue weighted by Gasteiger charge is 2.22. The van der Waals surface area contributed by atoms with Gasteiger partial charge in [-0.25, -0.2) is 9.29 Å². The van der Waals surface area contributed by atoms with Gasteiger partial charge in [0, 0.05) is 36.8 Å². The second-order valence-electron chi connectivity index (χ2n) is 8.07. The second-order valence-corrected chi connectivity index (χ2v) is 10.5. The van der Waals surface area contributed by atoms with Crippen LogP contribution >= 0.6 is 23.3 Å². The number of phenols is 1. The molecule has 4 heterocycles. The number of hydrogen-bond acceptors (Lipinski definition) is 8. The van der Waals surface area contributed by atoms with Crippen LogP contribution in [0.15, 0.2) is 52.9 Å². The van der Waals surface area contributed by atoms with Crippen LogP contribution in [0.4, 0.5) is 5.82 Å². The summed E-state index contributed by atoms with van der Waals surface area (Å²) in [6, 6.07) is 12.9. The molecule has 1 saturated heterocycles. The molecular formula is C23H25N5O2S2. The molecule has 1 aliphatic rings. The van der Waals surface area contributed by atoms with Crippen molar-refractivity contribution in [3.05, 3.63) is 54.2 Å². The number of rotatable bonds is 6. The minimum Gasteiger partial charge on any atom is -0.507 e. The molecule has 1 fully saturated rings. The van der Waals surface area contributed by atoms with Crippen LogP contribution in [0.1, 0.15) is 18.4 Å². The summed E-state index contributed by atoms with van der Waals surface area (Å²) in [4.78, 5) is 4.75. The van der Waals surface area contributed by atoms with E-state index in [0.717, 1.165) is 53.0 Å². The summed E-state index contributed by atoms with van der Waals surface area (Å²) < 4.78 is 5.34. The number of aromatic nitrogens is 3. The quantitative estimate of drug-likeness (QED) is 0.344. The molecule has 0 radical (unpaired) electrons. The van der Waals surface area contributed by atoms with E-state index in [4.69, 9.17) is 4.98 Å². The number of benzene rings is 1. The van der Waals surface area contributed by atoms with Gasteiger partial charge < -0.3 is 15.5 Å². The molecule has 166 valence electrons. The largest absolute Gasteiger partial charge is 0.507 e. The molecule has 5 rings (SSSR count). The van der Waals surface area contributed by atoms with Crippen molar-refractivity contribution in [1.82, 2.24) is 18.9 Å². The molecule has 0 bridgehead atoms. The lowest BCUT2D eigenvalue weighted by atomic mass is 10.00. The van der Waals surface area contributed by atoms with E-state index in [2.05, 4.69) is 14.7 Å². The summed E-state index contributed by atoms with van der Waals surface area (Å²) in [5.41, 5.74) is 3.20. The van der Waals surface area contributed by atoms with Gasteiger partial charge in [0.05, 0.1) is 16.1 Å². The second kappa shape index (κ2) is 9.01. The Balaban J connectivity index is 1.34. The molecule has 1 aliphatic heterocycles. The maximum Gasteiger partial charge on any atom is 0.172 e. The predicted molar refractivity (Wildman–Crippen MR) is 129 cm³/mol. The minimum absolute atomic E-state index is 0.215. The van der Waals surface area contributed by atoms with Crippen LogP contribution in [0.3, 0.4) is 0 Å². The highest BCUT2D eigenvalue weighted by Crippen LogP contribution is 2.36. The Morgan fingerprint density at radius 1 is 1.22 bits per heavy atom. The van der Waals surface area contributed by atoms with Crippen LogP contribution < -0.4 is 5.32 Å². The maximum absolute atomic E-state index is 10.3. The third-order valence-corrected chi connectivity index (χ3v) is 7.73. The number of aryl methyl sites for hydroxylation is 1. The Labute approximate surface area is 194 Å². The fourth-order valence-corrected chi connectivity index (χ4v) is 6.13. The van der Waals surface area contributed by atoms with Gasteiger partial charge in [0.2, 0.25) is 0 Å². The third-order valence-electron chi connectivity index (χ3n) is 5.67. The first kappa shape index (κ1) is 21.1. The van der Waals surface area contributed by atoms with Crippen molar-refractivity contribution >= 4 is 34.7 Å². The van der Waals surface area contributed by atoms with E-state index in [1.54, 1.807) is 24.1 Å². The lowest BCUT2D eigenvalue weighted by Crippen LogP contribution is -2.34. The van der Waals surface area contributed by atoms with E-state index in [-0.39, 0.29) is 5.75 Å². The zero-order valence-corrected chi connectivity index (χ0v) is 19.4. The fourth-order valence-electron chi connectivity index (χ4n) is 4.04. The number of nitrogens with zero attached hydrogens (tertiary/aromatic N) is 4. The number of fused-ring (bicyclic) bond motifs is 1. The number of hydrogen-bond donors (Lipinski definition) is 3. The van der Waals surface area contributed by atoms with E-state index in [0.29, 0.717) is 16.5 Å². The lowest BCUT2D eigenvalue weighted by Gasteiger charge is -2.31. The van der Waals surface area contributed by atoms with Crippen molar-refractivity contribution in [3.8, 4) is 22.1 Å². The first-order valence-corrected chi connectivity index (χ1v) is 12.2. The van der Waals surface area contributed by atoms with Gasteiger partial charge in [-0.05, 0) is 61.9 Å². The topological polar surface area (TPSA) is 85.9 Å². The monoisotopic (exact) mass is 467 g/mol. The molecule has 0 spiro atoms. The van der Waals surface area contributed by atoms with E-state index in [9.17, 15) is 10.2 Å². The van der Waals surface area contributed by atoms with Crippen molar-refractivity contribution in [2.75, 3.05) is 25.0 Å². The van der Waals surface area contributed by atoms with Gasteiger partial charge in [-0.3, -0.25) is 0 Å². The van der Waals surface area contributed by atoms with Crippen LogP contribution in [-0.4, -0.2) is 48.8 Å². The van der Waals surface area contributed by atoms with E-state index in [1.807, 2.05) is 48.0 Å². The van der Waals surface area contributed by atoms with Crippen LogP contribution in [0.2, 0.25) is 0 Å². The molecule has 4 aromatic rings. The Bertz CT molecular complexity index is 1240. The lowest BCUT2D eigenvalue weighted by molar-refractivity contribution is 0.295. The first-order chi connectivity index (χ1) is 15.6. The molecular weight excluding hydrogens is 442 g/mol. The van der Waals surface area contributed by atoms with E-state index in [1.165, 1.54) is 17.8 Å². The number of phenolic OH excluding ortho intramolecular Hbond substituents is 1. The molecule has 1 aromatic carbocycles. The van der Waals surface area contributed by atoms with Gasteiger partial charge in [-0.2, -0.15) is 9.61 Å². The van der Waals surface area contributed by atoms with Crippen molar-refractivity contribution in [2.24, 2.45) is 5.92 Å². The standard InChI is InChI=1S/C23H25N5O2S2/c1-15-12-25-28-20(11-18(26-23(15)28)17-6-2-3-7-19(17)29)24-13-16-5-4-10-27(14-16)32-22-9-8-21(30)31-22/h2-3,6-9,11-12,16,24,29-30H,4-5,10,13-14H2,1H3. The first-order valence-electron chi connectivity index (χ1n) is 10.7. The van der Waals surface area contributed by atoms with Crippen molar-refractivity contribution < 1.29 is 10.2 Å².